The zero-order chi connectivity index (χ0) is 13.8. The Kier molecular flexibility index (Phi) is 4.75. The maximum atomic E-state index is 12.1. The molecule has 1 aromatic rings. The van der Waals surface area contributed by atoms with Crippen LogP contribution in [-0.2, 0) is 0 Å². The van der Waals surface area contributed by atoms with Crippen molar-refractivity contribution < 1.29 is 17.9 Å². The molecule has 1 heterocycles. The van der Waals surface area contributed by atoms with Crippen LogP contribution in [0.3, 0.4) is 0 Å². The molecule has 1 aromatic heterocycles. The van der Waals surface area contributed by atoms with Crippen LogP contribution in [0, 0.1) is 0 Å². The first kappa shape index (κ1) is 14.5. The fraction of sp³-hybridized carbons (Fsp3) is 0.636. The number of alkyl halides is 3. The van der Waals surface area contributed by atoms with Gasteiger partial charge in [0.1, 0.15) is 11.6 Å². The molecule has 0 aliphatic carbocycles. The van der Waals surface area contributed by atoms with Gasteiger partial charge in [0.25, 0.3) is 0 Å². The highest BCUT2D eigenvalue weighted by Gasteiger charge is 2.28. The van der Waals surface area contributed by atoms with Crippen LogP contribution in [0.2, 0.25) is 0 Å². The Morgan fingerprint density at radius 1 is 1.33 bits per heavy atom. The summed E-state index contributed by atoms with van der Waals surface area (Å²) in [6.45, 7) is 4.85. The third-order valence-corrected chi connectivity index (χ3v) is 1.98. The molecule has 1 N–H and O–H groups in total. The van der Waals surface area contributed by atoms with E-state index in [4.69, 9.17) is 0 Å². The summed E-state index contributed by atoms with van der Waals surface area (Å²) in [5, 5.41) is 2.93. The van der Waals surface area contributed by atoms with Gasteiger partial charge in [-0.05, 0) is 6.92 Å². The standard InChI is InChI=1S/C11H16F3N3O/c1-4-15-8-5-9(18-6-11(12,13)14)17-10(16-8)7(2)3/h5,7H,4,6H2,1-3H3,(H,15,16,17). The molecule has 0 saturated carbocycles. The van der Waals surface area contributed by atoms with Gasteiger partial charge in [0.2, 0.25) is 5.88 Å². The van der Waals surface area contributed by atoms with E-state index in [9.17, 15) is 13.2 Å². The van der Waals surface area contributed by atoms with Crippen molar-refractivity contribution in [2.75, 3.05) is 18.5 Å². The Balaban J connectivity index is 2.89. The Bertz CT molecular complexity index is 394. The maximum absolute atomic E-state index is 12.1. The lowest BCUT2D eigenvalue weighted by atomic mass is 10.2. The first-order valence-corrected chi connectivity index (χ1v) is 5.64. The number of nitrogens with zero attached hydrogens (tertiary/aromatic N) is 2. The van der Waals surface area contributed by atoms with E-state index >= 15 is 0 Å². The summed E-state index contributed by atoms with van der Waals surface area (Å²) in [4.78, 5) is 8.13. The van der Waals surface area contributed by atoms with Crippen LogP contribution in [0.4, 0.5) is 19.0 Å². The molecule has 0 aliphatic rings. The Labute approximate surface area is 104 Å². The number of rotatable bonds is 5. The van der Waals surface area contributed by atoms with Gasteiger partial charge >= 0.3 is 6.18 Å². The van der Waals surface area contributed by atoms with Gasteiger partial charge in [-0.25, -0.2) is 4.98 Å². The van der Waals surface area contributed by atoms with E-state index in [2.05, 4.69) is 20.0 Å². The predicted molar refractivity (Wildman–Crippen MR) is 61.8 cm³/mol. The minimum Gasteiger partial charge on any atom is -0.468 e. The van der Waals surface area contributed by atoms with E-state index in [-0.39, 0.29) is 11.8 Å². The fourth-order valence-electron chi connectivity index (χ4n) is 1.20. The van der Waals surface area contributed by atoms with E-state index < -0.39 is 12.8 Å². The quantitative estimate of drug-likeness (QED) is 0.887. The average Bonchev–Trinajstić information content (AvgIpc) is 2.25. The van der Waals surface area contributed by atoms with E-state index in [0.717, 1.165) is 0 Å². The summed E-state index contributed by atoms with van der Waals surface area (Å²) in [5.41, 5.74) is 0. The van der Waals surface area contributed by atoms with Crippen molar-refractivity contribution in [3.8, 4) is 5.88 Å². The zero-order valence-corrected chi connectivity index (χ0v) is 10.5. The highest BCUT2D eigenvalue weighted by Crippen LogP contribution is 2.21. The van der Waals surface area contributed by atoms with Gasteiger partial charge in [-0.15, -0.1) is 0 Å². The highest BCUT2D eigenvalue weighted by molar-refractivity contribution is 5.38. The van der Waals surface area contributed by atoms with Crippen LogP contribution in [0.5, 0.6) is 5.88 Å². The van der Waals surface area contributed by atoms with Crippen LogP contribution in [-0.4, -0.2) is 29.3 Å². The SMILES string of the molecule is CCNc1cc(OCC(F)(F)F)nc(C(C)C)n1. The summed E-state index contributed by atoms with van der Waals surface area (Å²) in [5.74, 6) is 0.859. The van der Waals surface area contributed by atoms with Crippen LogP contribution < -0.4 is 10.1 Å². The number of hydrogen-bond acceptors (Lipinski definition) is 4. The van der Waals surface area contributed by atoms with Crippen molar-refractivity contribution in [1.29, 1.82) is 0 Å². The number of halogens is 3. The number of ether oxygens (including phenoxy) is 1. The Morgan fingerprint density at radius 3 is 2.50 bits per heavy atom. The lowest BCUT2D eigenvalue weighted by Crippen LogP contribution is -2.20. The molecule has 0 aliphatic heterocycles. The van der Waals surface area contributed by atoms with Gasteiger partial charge in [-0.1, -0.05) is 13.8 Å². The van der Waals surface area contributed by atoms with Gasteiger partial charge in [-0.2, -0.15) is 18.2 Å². The number of nitrogens with one attached hydrogen (secondary N) is 1. The fourth-order valence-corrected chi connectivity index (χ4v) is 1.20. The molecule has 0 radical (unpaired) electrons. The van der Waals surface area contributed by atoms with E-state index in [1.165, 1.54) is 6.07 Å². The van der Waals surface area contributed by atoms with Crippen LogP contribution in [0.15, 0.2) is 6.07 Å². The smallest absolute Gasteiger partial charge is 0.422 e. The van der Waals surface area contributed by atoms with Gasteiger partial charge in [0, 0.05) is 18.5 Å². The van der Waals surface area contributed by atoms with E-state index in [1.54, 1.807) is 0 Å². The minimum atomic E-state index is -4.37. The highest BCUT2D eigenvalue weighted by atomic mass is 19.4. The van der Waals surface area contributed by atoms with Crippen LogP contribution >= 0.6 is 0 Å². The van der Waals surface area contributed by atoms with Crippen molar-refractivity contribution in [2.45, 2.75) is 32.9 Å². The number of aromatic nitrogens is 2. The second kappa shape index (κ2) is 5.88. The summed E-state index contributed by atoms with van der Waals surface area (Å²) in [7, 11) is 0. The molecule has 0 amide bonds. The molecule has 7 heteroatoms. The molecule has 0 atom stereocenters. The van der Waals surface area contributed by atoms with Crippen molar-refractivity contribution >= 4 is 5.82 Å². The van der Waals surface area contributed by atoms with Gasteiger partial charge < -0.3 is 10.1 Å². The van der Waals surface area contributed by atoms with E-state index in [1.807, 2.05) is 20.8 Å². The molecule has 0 spiro atoms. The topological polar surface area (TPSA) is 47.0 Å². The normalized spacial score (nSPS) is 11.7. The van der Waals surface area contributed by atoms with Crippen molar-refractivity contribution in [2.24, 2.45) is 0 Å². The average molecular weight is 263 g/mol. The molecule has 0 fully saturated rings. The molecule has 18 heavy (non-hydrogen) atoms. The van der Waals surface area contributed by atoms with Gasteiger partial charge in [0.15, 0.2) is 6.61 Å². The second-order valence-electron chi connectivity index (χ2n) is 4.04. The number of anilines is 1. The lowest BCUT2D eigenvalue weighted by molar-refractivity contribution is -0.154. The molecule has 0 unspecified atom stereocenters. The molecule has 1 rings (SSSR count). The minimum absolute atomic E-state index is 0.0110. The molecular weight excluding hydrogens is 247 g/mol. The van der Waals surface area contributed by atoms with E-state index in [0.29, 0.717) is 18.2 Å². The van der Waals surface area contributed by atoms with Crippen LogP contribution in [0.25, 0.3) is 0 Å². The number of hydrogen-bond donors (Lipinski definition) is 1. The molecule has 0 bridgehead atoms. The monoisotopic (exact) mass is 263 g/mol. The largest absolute Gasteiger partial charge is 0.468 e. The molecule has 0 saturated heterocycles. The first-order valence-electron chi connectivity index (χ1n) is 5.64. The molecular formula is C11H16F3N3O. The lowest BCUT2D eigenvalue weighted by Gasteiger charge is -2.12. The third-order valence-electron chi connectivity index (χ3n) is 1.98. The first-order chi connectivity index (χ1) is 8.31. The molecule has 0 aromatic carbocycles. The van der Waals surface area contributed by atoms with Crippen molar-refractivity contribution in [3.05, 3.63) is 11.9 Å². The van der Waals surface area contributed by atoms with Crippen molar-refractivity contribution in [3.63, 3.8) is 0 Å². The predicted octanol–water partition coefficient (Wildman–Crippen LogP) is 2.97. The van der Waals surface area contributed by atoms with Crippen molar-refractivity contribution in [1.82, 2.24) is 9.97 Å². The Morgan fingerprint density at radius 2 is 2.00 bits per heavy atom. The summed E-state index contributed by atoms with van der Waals surface area (Å²) in [6, 6.07) is 1.36. The van der Waals surface area contributed by atoms with Gasteiger partial charge in [0.05, 0.1) is 0 Å². The van der Waals surface area contributed by atoms with Gasteiger partial charge in [-0.3, -0.25) is 0 Å². The molecule has 102 valence electrons. The summed E-state index contributed by atoms with van der Waals surface area (Å²) in [6.07, 6.45) is -4.37. The summed E-state index contributed by atoms with van der Waals surface area (Å²) >= 11 is 0. The zero-order valence-electron chi connectivity index (χ0n) is 10.5. The maximum Gasteiger partial charge on any atom is 0.422 e. The summed E-state index contributed by atoms with van der Waals surface area (Å²) < 4.78 is 40.8. The van der Waals surface area contributed by atoms with Crippen LogP contribution in [0.1, 0.15) is 32.5 Å². The molecule has 4 nitrogen and oxygen atoms in total. The Hall–Kier alpha value is -1.53. The third kappa shape index (κ3) is 4.77. The second-order valence-corrected chi connectivity index (χ2v) is 4.04.